The maximum atomic E-state index is 13.4. The van der Waals surface area contributed by atoms with Gasteiger partial charge in [-0.2, -0.15) is 0 Å². The Morgan fingerprint density at radius 3 is 2.48 bits per heavy atom. The number of nitrogens with one attached hydrogen (secondary N) is 1. The van der Waals surface area contributed by atoms with Gasteiger partial charge in [-0.1, -0.05) is 24.3 Å². The van der Waals surface area contributed by atoms with Crippen molar-refractivity contribution in [2.24, 2.45) is 0 Å². The highest BCUT2D eigenvalue weighted by Crippen LogP contribution is 2.30. The van der Waals surface area contributed by atoms with Gasteiger partial charge in [0.1, 0.15) is 15.9 Å². The molecule has 0 saturated carbocycles. The van der Waals surface area contributed by atoms with Crippen LogP contribution >= 0.6 is 11.3 Å². The fourth-order valence-electron chi connectivity index (χ4n) is 3.94. The van der Waals surface area contributed by atoms with Gasteiger partial charge in [0.15, 0.2) is 5.82 Å². The Morgan fingerprint density at radius 1 is 1.03 bits per heavy atom. The molecule has 8 heteroatoms. The number of H-pyrrole nitrogens is 1. The second-order valence-corrected chi connectivity index (χ2v) is 8.68. The van der Waals surface area contributed by atoms with Crippen molar-refractivity contribution in [2.75, 3.05) is 31.1 Å². The van der Waals surface area contributed by atoms with Crippen LogP contribution in [0.25, 0.3) is 21.7 Å². The number of thiophene rings is 1. The predicted molar refractivity (Wildman–Crippen MR) is 123 cm³/mol. The van der Waals surface area contributed by atoms with Crippen LogP contribution in [0.5, 0.6) is 0 Å². The molecule has 3 aromatic heterocycles. The van der Waals surface area contributed by atoms with E-state index in [2.05, 4.69) is 32.0 Å². The van der Waals surface area contributed by atoms with Gasteiger partial charge in [0.2, 0.25) is 0 Å². The summed E-state index contributed by atoms with van der Waals surface area (Å²) in [5, 5.41) is 0. The molecule has 156 valence electrons. The minimum Gasteiger partial charge on any atom is -0.368 e. The van der Waals surface area contributed by atoms with E-state index < -0.39 is 0 Å². The minimum absolute atomic E-state index is 0.0680. The smallest absolute Gasteiger partial charge is 0.269 e. The van der Waals surface area contributed by atoms with E-state index in [1.807, 2.05) is 36.1 Å². The van der Waals surface area contributed by atoms with Crippen molar-refractivity contribution in [1.29, 1.82) is 0 Å². The molecule has 0 aliphatic carbocycles. The maximum Gasteiger partial charge on any atom is 0.269 e. The number of hydrogen-bond donors (Lipinski definition) is 1. The SMILES string of the molecule is Cc1sc2c(=O)[nH]c(-c3ccccn3)nc2c1C(=O)N1CCN(c2ccccc2)CC1. The highest BCUT2D eigenvalue weighted by atomic mass is 32.1. The number of amides is 1. The van der Waals surface area contributed by atoms with Crippen LogP contribution in [-0.2, 0) is 0 Å². The van der Waals surface area contributed by atoms with E-state index in [0.29, 0.717) is 40.4 Å². The molecule has 5 rings (SSSR count). The van der Waals surface area contributed by atoms with Gasteiger partial charge in [-0.15, -0.1) is 11.3 Å². The van der Waals surface area contributed by atoms with Crippen molar-refractivity contribution in [3.05, 3.63) is 75.5 Å². The van der Waals surface area contributed by atoms with Crippen LogP contribution in [0.4, 0.5) is 5.69 Å². The Hall–Kier alpha value is -3.52. The maximum absolute atomic E-state index is 13.4. The standard InChI is InChI=1S/C23H21N5O2S/c1-15-18(23(30)28-13-11-27(12-14-28)16-7-3-2-4-8-16)19-20(31-15)22(29)26-21(25-19)17-9-5-6-10-24-17/h2-10H,11-14H2,1H3,(H,25,26,29). The van der Waals surface area contributed by atoms with E-state index in [1.54, 1.807) is 18.3 Å². The summed E-state index contributed by atoms with van der Waals surface area (Å²) < 4.78 is 0.475. The fourth-order valence-corrected chi connectivity index (χ4v) is 4.92. The van der Waals surface area contributed by atoms with Crippen molar-refractivity contribution < 1.29 is 4.79 Å². The quantitative estimate of drug-likeness (QED) is 0.538. The van der Waals surface area contributed by atoms with Gasteiger partial charge in [-0.3, -0.25) is 14.6 Å². The van der Waals surface area contributed by atoms with Crippen LogP contribution in [0.1, 0.15) is 15.2 Å². The number of aromatic nitrogens is 3. The third-order valence-corrected chi connectivity index (χ3v) is 6.62. The summed E-state index contributed by atoms with van der Waals surface area (Å²) in [5.74, 6) is 0.306. The third kappa shape index (κ3) is 3.59. The number of para-hydroxylation sites is 1. The Morgan fingerprint density at radius 2 is 1.77 bits per heavy atom. The van der Waals surface area contributed by atoms with Crippen molar-refractivity contribution in [3.63, 3.8) is 0 Å². The van der Waals surface area contributed by atoms with Crippen molar-refractivity contribution in [3.8, 4) is 11.5 Å². The molecule has 0 spiro atoms. The number of anilines is 1. The second kappa shape index (κ2) is 7.96. The number of aryl methyl sites for hydroxylation is 1. The molecule has 4 aromatic rings. The van der Waals surface area contributed by atoms with Gasteiger partial charge in [-0.25, -0.2) is 4.98 Å². The Bertz CT molecular complexity index is 1290. The minimum atomic E-state index is -0.244. The molecule has 1 aliphatic heterocycles. The summed E-state index contributed by atoms with van der Waals surface area (Å²) in [4.78, 5) is 42.8. The molecule has 0 bridgehead atoms. The zero-order chi connectivity index (χ0) is 21.4. The lowest BCUT2D eigenvalue weighted by molar-refractivity contribution is 0.0748. The average molecular weight is 432 g/mol. The van der Waals surface area contributed by atoms with Crippen LogP contribution in [0, 0.1) is 6.92 Å². The molecule has 0 unspecified atom stereocenters. The van der Waals surface area contributed by atoms with E-state index in [-0.39, 0.29) is 11.5 Å². The van der Waals surface area contributed by atoms with E-state index in [0.717, 1.165) is 18.0 Å². The highest BCUT2D eigenvalue weighted by molar-refractivity contribution is 7.19. The lowest BCUT2D eigenvalue weighted by atomic mass is 10.1. The normalized spacial score (nSPS) is 14.2. The first-order chi connectivity index (χ1) is 15.1. The first kappa shape index (κ1) is 19.4. The Labute approximate surface area is 183 Å². The molecule has 1 N–H and O–H groups in total. The van der Waals surface area contributed by atoms with Crippen LogP contribution < -0.4 is 10.5 Å². The number of hydrogen-bond acceptors (Lipinski definition) is 6. The largest absolute Gasteiger partial charge is 0.368 e. The van der Waals surface area contributed by atoms with Crippen molar-refractivity contribution >= 4 is 33.1 Å². The lowest BCUT2D eigenvalue weighted by Crippen LogP contribution is -2.48. The van der Waals surface area contributed by atoms with Gasteiger partial charge in [0.05, 0.1) is 5.56 Å². The van der Waals surface area contributed by atoms with Crippen LogP contribution in [0.3, 0.4) is 0 Å². The molecule has 0 atom stereocenters. The average Bonchev–Trinajstić information content (AvgIpc) is 3.16. The lowest BCUT2D eigenvalue weighted by Gasteiger charge is -2.36. The van der Waals surface area contributed by atoms with Gasteiger partial charge in [0.25, 0.3) is 11.5 Å². The Balaban J connectivity index is 1.46. The van der Waals surface area contributed by atoms with E-state index in [4.69, 9.17) is 0 Å². The highest BCUT2D eigenvalue weighted by Gasteiger charge is 2.27. The molecule has 4 heterocycles. The molecule has 7 nitrogen and oxygen atoms in total. The molecule has 0 radical (unpaired) electrons. The van der Waals surface area contributed by atoms with E-state index >= 15 is 0 Å². The number of aromatic amines is 1. The first-order valence-electron chi connectivity index (χ1n) is 10.2. The predicted octanol–water partition coefficient (Wildman–Crippen LogP) is 3.32. The molecular formula is C23H21N5O2S. The number of nitrogens with zero attached hydrogens (tertiary/aromatic N) is 4. The number of piperazine rings is 1. The van der Waals surface area contributed by atoms with E-state index in [9.17, 15) is 9.59 Å². The fraction of sp³-hybridized carbons (Fsp3) is 0.217. The van der Waals surface area contributed by atoms with Gasteiger partial charge >= 0.3 is 0 Å². The number of fused-ring (bicyclic) bond motifs is 1. The van der Waals surface area contributed by atoms with E-state index in [1.165, 1.54) is 17.0 Å². The van der Waals surface area contributed by atoms with Crippen LogP contribution in [0.2, 0.25) is 0 Å². The molecule has 1 saturated heterocycles. The number of carbonyl (C=O) groups excluding carboxylic acids is 1. The zero-order valence-corrected chi connectivity index (χ0v) is 17.9. The first-order valence-corrected chi connectivity index (χ1v) is 11.0. The van der Waals surface area contributed by atoms with Gasteiger partial charge in [-0.05, 0) is 31.2 Å². The monoisotopic (exact) mass is 431 g/mol. The summed E-state index contributed by atoms with van der Waals surface area (Å²) in [7, 11) is 0. The third-order valence-electron chi connectivity index (χ3n) is 5.53. The summed E-state index contributed by atoms with van der Waals surface area (Å²) in [5.41, 5.74) is 2.48. The molecule has 1 amide bonds. The number of carbonyl (C=O) groups is 1. The van der Waals surface area contributed by atoms with Gasteiger partial charge < -0.3 is 14.8 Å². The Kier molecular flexibility index (Phi) is 4.99. The molecular weight excluding hydrogens is 410 g/mol. The molecule has 1 fully saturated rings. The number of benzene rings is 1. The van der Waals surface area contributed by atoms with Crippen LogP contribution in [0.15, 0.2) is 59.5 Å². The summed E-state index contributed by atoms with van der Waals surface area (Å²) in [6, 6.07) is 15.6. The van der Waals surface area contributed by atoms with Crippen LogP contribution in [-0.4, -0.2) is 51.9 Å². The number of pyridine rings is 1. The summed E-state index contributed by atoms with van der Waals surface area (Å²) in [6.45, 7) is 4.66. The summed E-state index contributed by atoms with van der Waals surface area (Å²) in [6.07, 6.45) is 1.65. The molecule has 1 aromatic carbocycles. The molecule has 31 heavy (non-hydrogen) atoms. The second-order valence-electron chi connectivity index (χ2n) is 7.46. The van der Waals surface area contributed by atoms with Crippen molar-refractivity contribution in [1.82, 2.24) is 19.9 Å². The topological polar surface area (TPSA) is 82.2 Å². The zero-order valence-electron chi connectivity index (χ0n) is 17.0. The number of rotatable bonds is 3. The van der Waals surface area contributed by atoms with Gasteiger partial charge in [0, 0.05) is 42.9 Å². The summed E-state index contributed by atoms with van der Waals surface area (Å²) >= 11 is 1.31. The van der Waals surface area contributed by atoms with Crippen molar-refractivity contribution in [2.45, 2.75) is 6.92 Å². The molecule has 1 aliphatic rings.